The summed E-state index contributed by atoms with van der Waals surface area (Å²) in [6, 6.07) is 0.722. The number of fused-ring (bicyclic) bond motifs is 1. The third-order valence-electron chi connectivity index (χ3n) is 5.10. The van der Waals surface area contributed by atoms with Gasteiger partial charge in [0.15, 0.2) is 8.32 Å². The van der Waals surface area contributed by atoms with E-state index < -0.39 is 8.32 Å². The van der Waals surface area contributed by atoms with Crippen LogP contribution in [0.15, 0.2) is 0 Å². The Labute approximate surface area is 101 Å². The fourth-order valence-electron chi connectivity index (χ4n) is 2.68. The maximum atomic E-state index is 10.3. The summed E-state index contributed by atoms with van der Waals surface area (Å²) in [4.78, 5) is 10.3. The van der Waals surface area contributed by atoms with Gasteiger partial charge in [-0.05, 0) is 62.2 Å². The monoisotopic (exact) mass is 241 g/mol. The van der Waals surface area contributed by atoms with E-state index in [1.54, 1.807) is 0 Å². The molecule has 2 rings (SSSR count). The standard InChI is InChI=1S/C13H27NOSi/c1-13(2,16(3,4)15)6-5-12-8-10-7-11(10)9-14-12/h10-12,14-15H,5-9H2,1-4H3. The highest BCUT2D eigenvalue weighted by molar-refractivity contribution is 6.72. The molecule has 1 saturated carbocycles. The smallest absolute Gasteiger partial charge is 0.188 e. The fraction of sp³-hybridized carbons (Fsp3) is 1.00. The van der Waals surface area contributed by atoms with Crippen LogP contribution in [0.1, 0.15) is 39.5 Å². The van der Waals surface area contributed by atoms with E-state index in [9.17, 15) is 4.80 Å². The van der Waals surface area contributed by atoms with E-state index >= 15 is 0 Å². The molecule has 3 heteroatoms. The minimum absolute atomic E-state index is 0.148. The molecule has 1 aliphatic carbocycles. The molecule has 2 fully saturated rings. The highest BCUT2D eigenvalue weighted by Crippen LogP contribution is 2.46. The van der Waals surface area contributed by atoms with E-state index in [1.165, 1.54) is 25.8 Å². The van der Waals surface area contributed by atoms with Gasteiger partial charge in [-0.15, -0.1) is 0 Å². The fourth-order valence-corrected chi connectivity index (χ4v) is 3.43. The lowest BCUT2D eigenvalue weighted by atomic mass is 9.96. The van der Waals surface area contributed by atoms with Gasteiger partial charge in [0.1, 0.15) is 0 Å². The summed E-state index contributed by atoms with van der Waals surface area (Å²) in [5.41, 5.74) is 0. The molecule has 0 aromatic heterocycles. The van der Waals surface area contributed by atoms with Crippen molar-refractivity contribution in [2.75, 3.05) is 6.54 Å². The molecule has 2 nitrogen and oxygen atoms in total. The van der Waals surface area contributed by atoms with Crippen molar-refractivity contribution in [1.82, 2.24) is 5.32 Å². The van der Waals surface area contributed by atoms with E-state index in [0.29, 0.717) is 0 Å². The summed E-state index contributed by atoms with van der Waals surface area (Å²) in [6.45, 7) is 9.86. The van der Waals surface area contributed by atoms with Gasteiger partial charge in [-0.25, -0.2) is 0 Å². The summed E-state index contributed by atoms with van der Waals surface area (Å²) < 4.78 is 0. The Kier molecular flexibility index (Phi) is 3.23. The number of nitrogens with one attached hydrogen (secondary N) is 1. The van der Waals surface area contributed by atoms with Crippen LogP contribution in [-0.2, 0) is 0 Å². The Bertz CT molecular complexity index is 259. The molecule has 3 unspecified atom stereocenters. The second-order valence-corrected chi connectivity index (χ2v) is 11.5. The van der Waals surface area contributed by atoms with Gasteiger partial charge in [0, 0.05) is 6.04 Å². The normalized spacial score (nSPS) is 34.7. The van der Waals surface area contributed by atoms with Crippen molar-refractivity contribution < 1.29 is 4.80 Å². The first kappa shape index (κ1) is 12.6. The quantitative estimate of drug-likeness (QED) is 0.742. The molecule has 16 heavy (non-hydrogen) atoms. The van der Waals surface area contributed by atoms with Gasteiger partial charge in [0.05, 0.1) is 0 Å². The van der Waals surface area contributed by atoms with Crippen molar-refractivity contribution in [1.29, 1.82) is 0 Å². The molecule has 0 amide bonds. The largest absolute Gasteiger partial charge is 0.432 e. The zero-order valence-corrected chi connectivity index (χ0v) is 12.2. The predicted molar refractivity (Wildman–Crippen MR) is 71.0 cm³/mol. The van der Waals surface area contributed by atoms with E-state index in [2.05, 4.69) is 32.3 Å². The number of hydrogen-bond acceptors (Lipinski definition) is 2. The molecule has 1 aliphatic heterocycles. The van der Waals surface area contributed by atoms with Crippen LogP contribution in [0.25, 0.3) is 0 Å². The van der Waals surface area contributed by atoms with Gasteiger partial charge in [-0.1, -0.05) is 13.8 Å². The number of piperidine rings is 1. The lowest BCUT2D eigenvalue weighted by Crippen LogP contribution is -2.41. The van der Waals surface area contributed by atoms with E-state index in [-0.39, 0.29) is 5.04 Å². The summed E-state index contributed by atoms with van der Waals surface area (Å²) in [6.07, 6.45) is 5.26. The zero-order chi connectivity index (χ0) is 12.0. The molecular weight excluding hydrogens is 214 g/mol. The van der Waals surface area contributed by atoms with Crippen molar-refractivity contribution in [3.63, 3.8) is 0 Å². The maximum absolute atomic E-state index is 10.3. The van der Waals surface area contributed by atoms with Crippen LogP contribution >= 0.6 is 0 Å². The number of rotatable bonds is 4. The van der Waals surface area contributed by atoms with Gasteiger partial charge in [-0.2, -0.15) is 0 Å². The summed E-state index contributed by atoms with van der Waals surface area (Å²) in [5, 5.41) is 3.82. The highest BCUT2D eigenvalue weighted by atomic mass is 28.4. The molecule has 0 bridgehead atoms. The minimum Gasteiger partial charge on any atom is -0.432 e. The molecule has 2 aliphatic rings. The summed E-state index contributed by atoms with van der Waals surface area (Å²) in [5.74, 6) is 2.04. The van der Waals surface area contributed by atoms with Crippen LogP contribution in [0, 0.1) is 11.8 Å². The summed E-state index contributed by atoms with van der Waals surface area (Å²) in [7, 11) is -2.00. The third-order valence-corrected chi connectivity index (χ3v) is 8.66. The molecule has 3 atom stereocenters. The molecular formula is C13H27NOSi. The first-order valence-corrected chi connectivity index (χ1v) is 9.70. The molecule has 1 saturated heterocycles. The predicted octanol–water partition coefficient (Wildman–Crippen LogP) is 2.74. The van der Waals surface area contributed by atoms with Crippen molar-refractivity contribution in [3.8, 4) is 0 Å². The summed E-state index contributed by atoms with van der Waals surface area (Å²) >= 11 is 0. The topological polar surface area (TPSA) is 32.3 Å². The average Bonchev–Trinajstić information content (AvgIpc) is 2.90. The van der Waals surface area contributed by atoms with Gasteiger partial charge < -0.3 is 10.1 Å². The van der Waals surface area contributed by atoms with Crippen LogP contribution in [0.4, 0.5) is 0 Å². The van der Waals surface area contributed by atoms with Gasteiger partial charge in [0.2, 0.25) is 0 Å². The molecule has 1 heterocycles. The lowest BCUT2D eigenvalue weighted by Gasteiger charge is -2.36. The Morgan fingerprint density at radius 2 is 1.94 bits per heavy atom. The first-order chi connectivity index (χ1) is 7.29. The van der Waals surface area contributed by atoms with E-state index in [1.807, 2.05) is 0 Å². The van der Waals surface area contributed by atoms with Gasteiger partial charge in [0.25, 0.3) is 0 Å². The van der Waals surface area contributed by atoms with E-state index in [0.717, 1.165) is 24.3 Å². The van der Waals surface area contributed by atoms with Crippen molar-refractivity contribution in [2.45, 2.75) is 63.7 Å². The van der Waals surface area contributed by atoms with Crippen LogP contribution in [0.2, 0.25) is 18.1 Å². The molecule has 0 aromatic rings. The van der Waals surface area contributed by atoms with Gasteiger partial charge >= 0.3 is 0 Å². The Hall–Kier alpha value is 0.137. The van der Waals surface area contributed by atoms with Crippen molar-refractivity contribution >= 4 is 8.32 Å². The number of hydrogen-bond donors (Lipinski definition) is 2. The zero-order valence-electron chi connectivity index (χ0n) is 11.2. The van der Waals surface area contributed by atoms with E-state index in [4.69, 9.17) is 0 Å². The second-order valence-electron chi connectivity index (χ2n) is 7.08. The second kappa shape index (κ2) is 4.11. The molecule has 0 spiro atoms. The average molecular weight is 241 g/mol. The molecule has 0 radical (unpaired) electrons. The van der Waals surface area contributed by atoms with Crippen LogP contribution < -0.4 is 5.32 Å². The van der Waals surface area contributed by atoms with Crippen molar-refractivity contribution in [2.24, 2.45) is 11.8 Å². The minimum atomic E-state index is -2.00. The van der Waals surface area contributed by atoms with Crippen LogP contribution in [0.5, 0.6) is 0 Å². The molecule has 94 valence electrons. The van der Waals surface area contributed by atoms with Crippen LogP contribution in [-0.4, -0.2) is 25.7 Å². The SMILES string of the molecule is CC(C)(CCC1CC2CC2CN1)[Si](C)(C)O. The first-order valence-electron chi connectivity index (χ1n) is 6.75. The van der Waals surface area contributed by atoms with Gasteiger partial charge in [-0.3, -0.25) is 0 Å². The van der Waals surface area contributed by atoms with Crippen LogP contribution in [0.3, 0.4) is 0 Å². The molecule has 2 N–H and O–H groups in total. The Balaban J connectivity index is 1.78. The maximum Gasteiger partial charge on any atom is 0.188 e. The Morgan fingerprint density at radius 3 is 2.50 bits per heavy atom. The molecule has 0 aromatic carbocycles. The third kappa shape index (κ3) is 2.69. The van der Waals surface area contributed by atoms with Crippen molar-refractivity contribution in [3.05, 3.63) is 0 Å². The highest BCUT2D eigenvalue weighted by Gasteiger charge is 2.43. The lowest BCUT2D eigenvalue weighted by molar-refractivity contribution is 0.338. The Morgan fingerprint density at radius 1 is 1.25 bits per heavy atom.